The van der Waals surface area contributed by atoms with Crippen LogP contribution in [-0.4, -0.2) is 33.2 Å². The third-order valence-electron chi connectivity index (χ3n) is 3.36. The van der Waals surface area contributed by atoms with Gasteiger partial charge in [0, 0.05) is 30.0 Å². The Kier molecular flexibility index (Phi) is 5.84. The van der Waals surface area contributed by atoms with E-state index < -0.39 is 5.97 Å². The van der Waals surface area contributed by atoms with Gasteiger partial charge in [0.25, 0.3) is 0 Å². The summed E-state index contributed by atoms with van der Waals surface area (Å²) in [4.78, 5) is 23.6. The van der Waals surface area contributed by atoms with Crippen LogP contribution in [0, 0.1) is 6.92 Å². The number of furan rings is 1. The van der Waals surface area contributed by atoms with Crippen molar-refractivity contribution in [3.63, 3.8) is 0 Å². The number of carbonyl (C=O) groups excluding carboxylic acids is 2. The van der Waals surface area contributed by atoms with E-state index in [1.165, 1.54) is 39.5 Å². The largest absolute Gasteiger partial charge is 0.497 e. The summed E-state index contributed by atoms with van der Waals surface area (Å²) in [6, 6.07) is 6.55. The molecule has 0 aliphatic heterocycles. The third kappa shape index (κ3) is 4.63. The van der Waals surface area contributed by atoms with Crippen molar-refractivity contribution in [2.75, 3.05) is 26.6 Å². The van der Waals surface area contributed by atoms with Crippen LogP contribution in [0.15, 0.2) is 34.8 Å². The fraction of sp³-hybridized carbons (Fsp3) is 0.222. The van der Waals surface area contributed by atoms with Crippen LogP contribution in [0.4, 0.5) is 5.69 Å². The predicted molar refractivity (Wildman–Crippen MR) is 92.0 cm³/mol. The van der Waals surface area contributed by atoms with Crippen molar-refractivity contribution >= 4 is 23.6 Å². The van der Waals surface area contributed by atoms with E-state index in [0.29, 0.717) is 34.3 Å². The van der Waals surface area contributed by atoms with Gasteiger partial charge < -0.3 is 23.9 Å². The molecule has 0 saturated carbocycles. The van der Waals surface area contributed by atoms with Crippen LogP contribution in [0.3, 0.4) is 0 Å². The Labute approximate surface area is 145 Å². The van der Waals surface area contributed by atoms with Gasteiger partial charge in [-0.2, -0.15) is 0 Å². The fourth-order valence-electron chi connectivity index (χ4n) is 2.12. The minimum atomic E-state index is -0.492. The van der Waals surface area contributed by atoms with Crippen molar-refractivity contribution in [3.8, 4) is 11.5 Å². The number of anilines is 1. The maximum Gasteiger partial charge on any atom is 0.341 e. The van der Waals surface area contributed by atoms with Crippen molar-refractivity contribution in [2.45, 2.75) is 6.92 Å². The first-order chi connectivity index (χ1) is 12.0. The second-order valence-electron chi connectivity index (χ2n) is 5.03. The summed E-state index contributed by atoms with van der Waals surface area (Å²) in [6.45, 7) is 1.65. The van der Waals surface area contributed by atoms with E-state index in [1.54, 1.807) is 25.1 Å². The number of esters is 1. The fourth-order valence-corrected chi connectivity index (χ4v) is 2.12. The van der Waals surface area contributed by atoms with Crippen LogP contribution < -0.4 is 14.8 Å². The molecule has 0 bridgehead atoms. The summed E-state index contributed by atoms with van der Waals surface area (Å²) in [5.41, 5.74) is 0.844. The number of aryl methyl sites for hydroxylation is 1. The Hall–Kier alpha value is -3.22. The maximum absolute atomic E-state index is 12.1. The average Bonchev–Trinajstić information content (AvgIpc) is 2.99. The first kappa shape index (κ1) is 18.1. The van der Waals surface area contributed by atoms with Gasteiger partial charge >= 0.3 is 5.97 Å². The van der Waals surface area contributed by atoms with Crippen LogP contribution >= 0.6 is 0 Å². The summed E-state index contributed by atoms with van der Waals surface area (Å²) >= 11 is 0. The minimum Gasteiger partial charge on any atom is -0.497 e. The summed E-state index contributed by atoms with van der Waals surface area (Å²) < 4.78 is 20.4. The Morgan fingerprint density at radius 3 is 2.24 bits per heavy atom. The molecule has 2 rings (SSSR count). The number of amides is 1. The first-order valence-corrected chi connectivity index (χ1v) is 7.37. The number of benzene rings is 1. The smallest absolute Gasteiger partial charge is 0.341 e. The quantitative estimate of drug-likeness (QED) is 0.640. The van der Waals surface area contributed by atoms with Crippen LogP contribution in [0.1, 0.15) is 21.9 Å². The Balaban J connectivity index is 2.10. The minimum absolute atomic E-state index is 0.320. The van der Waals surface area contributed by atoms with E-state index in [-0.39, 0.29) is 5.91 Å². The van der Waals surface area contributed by atoms with Gasteiger partial charge in [0.15, 0.2) is 0 Å². The summed E-state index contributed by atoms with van der Waals surface area (Å²) in [5.74, 6) is 1.05. The molecule has 7 heteroatoms. The molecule has 0 aliphatic carbocycles. The van der Waals surface area contributed by atoms with Crippen molar-refractivity contribution in [3.05, 3.63) is 47.4 Å². The van der Waals surface area contributed by atoms with E-state index >= 15 is 0 Å². The molecule has 1 N–H and O–H groups in total. The standard InChI is InChI=1S/C18H19NO6/c1-11-16(18(21)24-4)10-13(25-11)5-6-17(20)19-12-7-14(22-2)9-15(8-12)23-3/h5-10H,1-4H3,(H,19,20)/b6-5+. The molecule has 25 heavy (non-hydrogen) atoms. The van der Waals surface area contributed by atoms with Crippen LogP contribution in [0.5, 0.6) is 11.5 Å². The van der Waals surface area contributed by atoms with Crippen LogP contribution in [-0.2, 0) is 9.53 Å². The number of hydrogen-bond acceptors (Lipinski definition) is 6. The number of rotatable bonds is 6. The molecule has 2 aromatic rings. The van der Waals surface area contributed by atoms with Gasteiger partial charge in [-0.15, -0.1) is 0 Å². The zero-order valence-corrected chi connectivity index (χ0v) is 14.4. The van der Waals surface area contributed by atoms with Crippen molar-refractivity contribution in [1.29, 1.82) is 0 Å². The topological polar surface area (TPSA) is 87.0 Å². The second-order valence-corrected chi connectivity index (χ2v) is 5.03. The highest BCUT2D eigenvalue weighted by molar-refractivity contribution is 6.02. The van der Waals surface area contributed by atoms with Gasteiger partial charge in [-0.05, 0) is 19.1 Å². The highest BCUT2D eigenvalue weighted by Crippen LogP contribution is 2.25. The molecular weight excluding hydrogens is 326 g/mol. The molecule has 1 amide bonds. The lowest BCUT2D eigenvalue weighted by Gasteiger charge is -2.08. The second kappa shape index (κ2) is 8.05. The number of carbonyl (C=O) groups is 2. The Bertz CT molecular complexity index is 784. The van der Waals surface area contributed by atoms with E-state index in [4.69, 9.17) is 13.9 Å². The van der Waals surface area contributed by atoms with E-state index in [0.717, 1.165) is 0 Å². The molecule has 7 nitrogen and oxygen atoms in total. The van der Waals surface area contributed by atoms with E-state index in [1.807, 2.05) is 0 Å². The lowest BCUT2D eigenvalue weighted by atomic mass is 10.2. The lowest BCUT2D eigenvalue weighted by molar-refractivity contribution is -0.111. The van der Waals surface area contributed by atoms with Crippen molar-refractivity contribution in [1.82, 2.24) is 0 Å². The molecular formula is C18H19NO6. The number of ether oxygens (including phenoxy) is 3. The number of hydrogen-bond donors (Lipinski definition) is 1. The summed E-state index contributed by atoms with van der Waals surface area (Å²) in [6.07, 6.45) is 2.76. The SMILES string of the molecule is COC(=O)c1cc(/C=C/C(=O)Nc2cc(OC)cc(OC)c2)oc1C. The summed E-state index contributed by atoms with van der Waals surface area (Å²) in [7, 11) is 4.34. The highest BCUT2D eigenvalue weighted by Gasteiger charge is 2.14. The normalized spacial score (nSPS) is 10.6. The molecule has 0 saturated heterocycles. The van der Waals surface area contributed by atoms with Gasteiger partial charge in [0.2, 0.25) is 5.91 Å². The van der Waals surface area contributed by atoms with Gasteiger partial charge in [-0.25, -0.2) is 4.79 Å². The number of methoxy groups -OCH3 is 3. The molecule has 1 aromatic carbocycles. The lowest BCUT2D eigenvalue weighted by Crippen LogP contribution is -2.08. The maximum atomic E-state index is 12.1. The Morgan fingerprint density at radius 1 is 1.04 bits per heavy atom. The van der Waals surface area contributed by atoms with E-state index in [9.17, 15) is 9.59 Å². The van der Waals surface area contributed by atoms with Crippen molar-refractivity contribution < 1.29 is 28.2 Å². The van der Waals surface area contributed by atoms with Crippen LogP contribution in [0.25, 0.3) is 6.08 Å². The molecule has 0 radical (unpaired) electrons. The number of nitrogens with one attached hydrogen (secondary N) is 1. The van der Waals surface area contributed by atoms with Gasteiger partial charge in [-0.1, -0.05) is 0 Å². The predicted octanol–water partition coefficient (Wildman–Crippen LogP) is 3.04. The average molecular weight is 345 g/mol. The molecule has 0 spiro atoms. The molecule has 132 valence electrons. The molecule has 1 heterocycles. The monoisotopic (exact) mass is 345 g/mol. The Morgan fingerprint density at radius 2 is 1.68 bits per heavy atom. The van der Waals surface area contributed by atoms with Crippen LogP contribution in [0.2, 0.25) is 0 Å². The van der Waals surface area contributed by atoms with Gasteiger partial charge in [0.05, 0.1) is 21.3 Å². The molecule has 0 fully saturated rings. The van der Waals surface area contributed by atoms with Gasteiger partial charge in [0.1, 0.15) is 28.6 Å². The van der Waals surface area contributed by atoms with Gasteiger partial charge in [-0.3, -0.25) is 4.79 Å². The molecule has 1 aromatic heterocycles. The zero-order chi connectivity index (χ0) is 18.4. The third-order valence-corrected chi connectivity index (χ3v) is 3.36. The summed E-state index contributed by atoms with van der Waals surface area (Å²) in [5, 5.41) is 2.70. The van der Waals surface area contributed by atoms with E-state index in [2.05, 4.69) is 10.1 Å². The molecule has 0 aliphatic rings. The zero-order valence-electron chi connectivity index (χ0n) is 14.4. The highest BCUT2D eigenvalue weighted by atomic mass is 16.5. The molecule has 0 unspecified atom stereocenters. The van der Waals surface area contributed by atoms with Crippen molar-refractivity contribution in [2.24, 2.45) is 0 Å². The molecule has 0 atom stereocenters. The first-order valence-electron chi connectivity index (χ1n) is 7.37.